The van der Waals surface area contributed by atoms with Gasteiger partial charge in [0, 0.05) is 10.9 Å². The van der Waals surface area contributed by atoms with Crippen LogP contribution in [-0.4, -0.2) is 28.4 Å². The number of hydrogen-bond acceptors (Lipinski definition) is 4. The van der Waals surface area contributed by atoms with Gasteiger partial charge >= 0.3 is 0 Å². The molecule has 1 aromatic heterocycles. The molecule has 24 heavy (non-hydrogen) atoms. The van der Waals surface area contributed by atoms with Crippen molar-refractivity contribution in [3.8, 4) is 17.0 Å². The average molecular weight is 323 g/mol. The van der Waals surface area contributed by atoms with Crippen LogP contribution in [0.1, 0.15) is 24.2 Å². The summed E-state index contributed by atoms with van der Waals surface area (Å²) in [7, 11) is 0. The maximum atomic E-state index is 9.81. The van der Waals surface area contributed by atoms with Gasteiger partial charge in [0.15, 0.2) is 0 Å². The molecule has 0 aliphatic carbocycles. The number of nitrogens with zero attached hydrogens (tertiary/aromatic N) is 1. The van der Waals surface area contributed by atoms with Crippen LogP contribution in [0.4, 0.5) is 0 Å². The monoisotopic (exact) mass is 323 g/mol. The van der Waals surface area contributed by atoms with Gasteiger partial charge < -0.3 is 14.9 Å². The fourth-order valence-electron chi connectivity index (χ4n) is 2.78. The van der Waals surface area contributed by atoms with Crippen molar-refractivity contribution in [1.29, 1.82) is 0 Å². The lowest BCUT2D eigenvalue weighted by Gasteiger charge is -2.13. The van der Waals surface area contributed by atoms with Gasteiger partial charge in [-0.3, -0.25) is 0 Å². The standard InChI is InChI=1S/C20H21NO3/c1-13-11-18(17-5-3-4-6-20(17)24-10-9-22)21-19-12-15(14(2)23)7-8-16(13)19/h3-8,11-12,14,22-23H,9-10H2,1-2H3. The van der Waals surface area contributed by atoms with Crippen LogP contribution in [0.15, 0.2) is 48.5 Å². The van der Waals surface area contributed by atoms with E-state index in [4.69, 9.17) is 14.8 Å². The van der Waals surface area contributed by atoms with Crippen LogP contribution in [0.5, 0.6) is 5.75 Å². The molecule has 2 aromatic carbocycles. The fraction of sp³-hybridized carbons (Fsp3) is 0.250. The second kappa shape index (κ2) is 6.99. The Hall–Kier alpha value is -2.43. The topological polar surface area (TPSA) is 62.6 Å². The van der Waals surface area contributed by atoms with E-state index < -0.39 is 6.10 Å². The highest BCUT2D eigenvalue weighted by Crippen LogP contribution is 2.32. The van der Waals surface area contributed by atoms with E-state index >= 15 is 0 Å². The van der Waals surface area contributed by atoms with Gasteiger partial charge in [-0.05, 0) is 49.2 Å². The van der Waals surface area contributed by atoms with Gasteiger partial charge in [-0.1, -0.05) is 24.3 Å². The number of para-hydroxylation sites is 1. The predicted molar refractivity (Wildman–Crippen MR) is 95.1 cm³/mol. The number of hydrogen-bond donors (Lipinski definition) is 2. The Bertz CT molecular complexity index is 859. The summed E-state index contributed by atoms with van der Waals surface area (Å²) >= 11 is 0. The van der Waals surface area contributed by atoms with Crippen molar-refractivity contribution >= 4 is 10.9 Å². The number of aromatic nitrogens is 1. The number of rotatable bonds is 5. The van der Waals surface area contributed by atoms with Gasteiger partial charge in [-0.15, -0.1) is 0 Å². The van der Waals surface area contributed by atoms with Crippen molar-refractivity contribution in [1.82, 2.24) is 4.98 Å². The molecule has 0 fully saturated rings. The van der Waals surface area contributed by atoms with E-state index in [1.165, 1.54) is 0 Å². The Balaban J connectivity index is 2.13. The number of aryl methyl sites for hydroxylation is 1. The van der Waals surface area contributed by atoms with Crippen LogP contribution in [0.25, 0.3) is 22.2 Å². The predicted octanol–water partition coefficient (Wildman–Crippen LogP) is 3.63. The van der Waals surface area contributed by atoms with E-state index in [0.29, 0.717) is 5.75 Å². The van der Waals surface area contributed by atoms with Crippen molar-refractivity contribution in [2.45, 2.75) is 20.0 Å². The maximum absolute atomic E-state index is 9.81. The zero-order valence-corrected chi connectivity index (χ0v) is 13.9. The third-order valence-electron chi connectivity index (χ3n) is 4.04. The van der Waals surface area contributed by atoms with Crippen LogP contribution < -0.4 is 4.74 Å². The smallest absolute Gasteiger partial charge is 0.128 e. The first-order valence-electron chi connectivity index (χ1n) is 8.02. The Morgan fingerprint density at radius 1 is 1.12 bits per heavy atom. The van der Waals surface area contributed by atoms with E-state index in [9.17, 15) is 5.11 Å². The summed E-state index contributed by atoms with van der Waals surface area (Å²) < 4.78 is 5.62. The number of aliphatic hydroxyl groups excluding tert-OH is 2. The second-order valence-corrected chi connectivity index (χ2v) is 5.85. The quantitative estimate of drug-likeness (QED) is 0.752. The minimum Gasteiger partial charge on any atom is -0.490 e. The van der Waals surface area contributed by atoms with Gasteiger partial charge in [-0.25, -0.2) is 4.98 Å². The molecule has 0 aliphatic heterocycles. The van der Waals surface area contributed by atoms with Gasteiger partial charge in [-0.2, -0.15) is 0 Å². The van der Waals surface area contributed by atoms with E-state index in [-0.39, 0.29) is 13.2 Å². The molecular formula is C20H21NO3. The van der Waals surface area contributed by atoms with Gasteiger partial charge in [0.2, 0.25) is 0 Å². The van der Waals surface area contributed by atoms with Gasteiger partial charge in [0.05, 0.1) is 23.9 Å². The first-order chi connectivity index (χ1) is 11.6. The second-order valence-electron chi connectivity index (χ2n) is 5.85. The average Bonchev–Trinajstić information content (AvgIpc) is 2.59. The number of benzene rings is 2. The first-order valence-corrected chi connectivity index (χ1v) is 8.02. The molecule has 0 spiro atoms. The summed E-state index contributed by atoms with van der Waals surface area (Å²) in [4.78, 5) is 4.76. The minimum atomic E-state index is -0.527. The molecule has 1 heterocycles. The Morgan fingerprint density at radius 2 is 1.92 bits per heavy atom. The minimum absolute atomic E-state index is 0.0315. The summed E-state index contributed by atoms with van der Waals surface area (Å²) in [5, 5.41) is 19.9. The third-order valence-corrected chi connectivity index (χ3v) is 4.04. The molecule has 124 valence electrons. The molecule has 0 radical (unpaired) electrons. The molecule has 3 aromatic rings. The highest BCUT2D eigenvalue weighted by molar-refractivity contribution is 5.86. The van der Waals surface area contributed by atoms with Crippen LogP contribution in [-0.2, 0) is 0 Å². The summed E-state index contributed by atoms with van der Waals surface area (Å²) in [5.41, 5.74) is 4.51. The van der Waals surface area contributed by atoms with E-state index in [0.717, 1.165) is 33.3 Å². The molecule has 0 amide bonds. The third kappa shape index (κ3) is 3.25. The zero-order valence-electron chi connectivity index (χ0n) is 13.9. The Kier molecular flexibility index (Phi) is 4.79. The summed E-state index contributed by atoms with van der Waals surface area (Å²) in [6.45, 7) is 4.01. The van der Waals surface area contributed by atoms with E-state index in [2.05, 4.69) is 0 Å². The van der Waals surface area contributed by atoms with Crippen molar-refractivity contribution in [3.05, 3.63) is 59.7 Å². The highest BCUT2D eigenvalue weighted by Gasteiger charge is 2.11. The Morgan fingerprint density at radius 3 is 2.67 bits per heavy atom. The molecule has 4 nitrogen and oxygen atoms in total. The molecule has 0 aliphatic rings. The summed E-state index contributed by atoms with van der Waals surface area (Å²) in [5.74, 6) is 0.699. The largest absolute Gasteiger partial charge is 0.490 e. The van der Waals surface area contributed by atoms with Crippen LogP contribution in [0.3, 0.4) is 0 Å². The molecule has 2 N–H and O–H groups in total. The van der Waals surface area contributed by atoms with Gasteiger partial charge in [0.1, 0.15) is 12.4 Å². The zero-order chi connectivity index (χ0) is 17.1. The highest BCUT2D eigenvalue weighted by atomic mass is 16.5. The molecule has 4 heteroatoms. The van der Waals surface area contributed by atoms with Crippen molar-refractivity contribution in [3.63, 3.8) is 0 Å². The SMILES string of the molecule is Cc1cc(-c2ccccc2OCCO)nc2cc(C(C)O)ccc12. The molecule has 1 unspecified atom stereocenters. The summed E-state index contributed by atoms with van der Waals surface area (Å²) in [6, 6.07) is 15.6. The number of ether oxygens (including phenoxy) is 1. The lowest BCUT2D eigenvalue weighted by Crippen LogP contribution is -2.03. The first kappa shape index (κ1) is 16.4. The normalized spacial score (nSPS) is 12.3. The van der Waals surface area contributed by atoms with E-state index in [1.54, 1.807) is 6.92 Å². The molecule has 0 bridgehead atoms. The molecule has 0 saturated carbocycles. The van der Waals surface area contributed by atoms with Crippen molar-refractivity contribution in [2.24, 2.45) is 0 Å². The lowest BCUT2D eigenvalue weighted by molar-refractivity contribution is 0.199. The fourth-order valence-corrected chi connectivity index (χ4v) is 2.78. The number of pyridine rings is 1. The van der Waals surface area contributed by atoms with Gasteiger partial charge in [0.25, 0.3) is 0 Å². The molecular weight excluding hydrogens is 302 g/mol. The van der Waals surface area contributed by atoms with Crippen LogP contribution in [0.2, 0.25) is 0 Å². The van der Waals surface area contributed by atoms with Crippen LogP contribution in [0, 0.1) is 6.92 Å². The van der Waals surface area contributed by atoms with Crippen LogP contribution >= 0.6 is 0 Å². The van der Waals surface area contributed by atoms with Crippen molar-refractivity contribution < 1.29 is 14.9 Å². The summed E-state index contributed by atoms with van der Waals surface area (Å²) in [6.07, 6.45) is -0.527. The maximum Gasteiger partial charge on any atom is 0.128 e. The number of aliphatic hydroxyl groups is 2. The van der Waals surface area contributed by atoms with Crippen molar-refractivity contribution in [2.75, 3.05) is 13.2 Å². The Labute approximate surface area is 141 Å². The van der Waals surface area contributed by atoms with E-state index in [1.807, 2.05) is 55.5 Å². The molecule has 3 rings (SSSR count). The molecule has 1 atom stereocenters. The lowest BCUT2D eigenvalue weighted by atomic mass is 10.0. The molecule has 0 saturated heterocycles. The number of fused-ring (bicyclic) bond motifs is 1.